The van der Waals surface area contributed by atoms with E-state index in [2.05, 4.69) is 41.3 Å². The summed E-state index contributed by atoms with van der Waals surface area (Å²) in [4.78, 5) is 19.8. The molecule has 0 bridgehead atoms. The Morgan fingerprint density at radius 2 is 1.79 bits per heavy atom. The number of aromatic nitrogens is 3. The van der Waals surface area contributed by atoms with E-state index in [1.54, 1.807) is 15.9 Å². The van der Waals surface area contributed by atoms with E-state index >= 15 is 0 Å². The summed E-state index contributed by atoms with van der Waals surface area (Å²) in [7, 11) is 1.86. The summed E-state index contributed by atoms with van der Waals surface area (Å²) < 4.78 is 1.71. The Balaban J connectivity index is 1.55. The van der Waals surface area contributed by atoms with Gasteiger partial charge in [0.05, 0.1) is 16.6 Å². The number of hydrogen-bond acceptors (Lipinski definition) is 4. The third-order valence-electron chi connectivity index (χ3n) is 5.18. The molecule has 2 aromatic heterocycles. The van der Waals surface area contributed by atoms with Gasteiger partial charge in [0, 0.05) is 12.6 Å². The van der Waals surface area contributed by atoms with E-state index < -0.39 is 0 Å². The molecule has 4 aromatic rings. The summed E-state index contributed by atoms with van der Waals surface area (Å²) >= 11 is 1.49. The number of nitrogens with zero attached hydrogens (tertiary/aromatic N) is 4. The van der Waals surface area contributed by atoms with Crippen molar-refractivity contribution < 1.29 is 4.79 Å². The molecule has 1 atom stereocenters. The zero-order valence-corrected chi connectivity index (χ0v) is 17.4. The minimum absolute atomic E-state index is 0.0310. The molecule has 0 radical (unpaired) electrons. The van der Waals surface area contributed by atoms with Crippen molar-refractivity contribution in [2.75, 3.05) is 7.05 Å². The topological polar surface area (TPSA) is 51.0 Å². The standard InChI is InChI=1S/C23H22N4OS/c1-16-4-6-19(7-5-16)21-12-13-29-22(21)23(28)26(3)17(2)18-8-10-20(11-9-18)27-15-24-14-25-27/h4-15,17H,1-3H3/t17-/m0/s1. The zero-order valence-electron chi connectivity index (χ0n) is 16.6. The van der Waals surface area contributed by atoms with Gasteiger partial charge in [-0.25, -0.2) is 9.67 Å². The Morgan fingerprint density at radius 3 is 2.45 bits per heavy atom. The van der Waals surface area contributed by atoms with Crippen molar-refractivity contribution in [3.8, 4) is 16.8 Å². The summed E-state index contributed by atoms with van der Waals surface area (Å²) in [6.45, 7) is 4.11. The fourth-order valence-corrected chi connectivity index (χ4v) is 4.14. The Bertz CT molecular complexity index is 1100. The van der Waals surface area contributed by atoms with Gasteiger partial charge in [0.1, 0.15) is 12.7 Å². The van der Waals surface area contributed by atoms with E-state index in [-0.39, 0.29) is 11.9 Å². The molecule has 0 unspecified atom stereocenters. The molecule has 1 amide bonds. The van der Waals surface area contributed by atoms with Gasteiger partial charge < -0.3 is 4.90 Å². The van der Waals surface area contributed by atoms with Gasteiger partial charge in [0.15, 0.2) is 0 Å². The van der Waals surface area contributed by atoms with Crippen LogP contribution in [0.15, 0.2) is 72.6 Å². The Labute approximate surface area is 174 Å². The average Bonchev–Trinajstić information content (AvgIpc) is 3.45. The second-order valence-electron chi connectivity index (χ2n) is 7.05. The molecule has 6 heteroatoms. The molecular formula is C23H22N4OS. The molecule has 2 aromatic carbocycles. The van der Waals surface area contributed by atoms with Crippen LogP contribution in [-0.2, 0) is 0 Å². The molecule has 0 aliphatic rings. The van der Waals surface area contributed by atoms with Crippen molar-refractivity contribution in [3.05, 3.63) is 88.6 Å². The molecule has 0 saturated carbocycles. The Morgan fingerprint density at radius 1 is 1.07 bits per heavy atom. The van der Waals surface area contributed by atoms with Gasteiger partial charge in [0.25, 0.3) is 5.91 Å². The molecule has 0 N–H and O–H groups in total. The maximum absolute atomic E-state index is 13.2. The quantitative estimate of drug-likeness (QED) is 0.465. The monoisotopic (exact) mass is 402 g/mol. The molecule has 0 aliphatic heterocycles. The predicted molar refractivity (Wildman–Crippen MR) is 116 cm³/mol. The lowest BCUT2D eigenvalue weighted by Gasteiger charge is -2.25. The molecule has 0 spiro atoms. The number of aryl methyl sites for hydroxylation is 1. The summed E-state index contributed by atoms with van der Waals surface area (Å²) in [5, 5.41) is 6.12. The fraction of sp³-hybridized carbons (Fsp3) is 0.174. The van der Waals surface area contributed by atoms with Gasteiger partial charge in [-0.15, -0.1) is 11.3 Å². The normalized spacial score (nSPS) is 12.0. The number of rotatable bonds is 5. The van der Waals surface area contributed by atoms with Crippen molar-refractivity contribution >= 4 is 17.2 Å². The van der Waals surface area contributed by atoms with Crippen molar-refractivity contribution in [3.63, 3.8) is 0 Å². The van der Waals surface area contributed by atoms with Crippen LogP contribution in [0.4, 0.5) is 0 Å². The molecule has 29 heavy (non-hydrogen) atoms. The van der Waals surface area contributed by atoms with E-state index in [1.807, 2.05) is 49.7 Å². The zero-order chi connectivity index (χ0) is 20.4. The smallest absolute Gasteiger partial charge is 0.264 e. The number of carbonyl (C=O) groups is 1. The van der Waals surface area contributed by atoms with Crippen LogP contribution in [0.25, 0.3) is 16.8 Å². The van der Waals surface area contributed by atoms with Gasteiger partial charge >= 0.3 is 0 Å². The lowest BCUT2D eigenvalue weighted by molar-refractivity contribution is 0.0748. The number of carbonyl (C=O) groups excluding carboxylic acids is 1. The molecule has 5 nitrogen and oxygen atoms in total. The largest absolute Gasteiger partial charge is 0.334 e. The van der Waals surface area contributed by atoms with Crippen LogP contribution in [0.1, 0.15) is 33.8 Å². The van der Waals surface area contributed by atoms with Crippen molar-refractivity contribution in [2.24, 2.45) is 0 Å². The average molecular weight is 403 g/mol. The van der Waals surface area contributed by atoms with E-state index in [0.717, 1.165) is 27.3 Å². The predicted octanol–water partition coefficient (Wildman–Crippen LogP) is 5.14. The minimum atomic E-state index is -0.0553. The van der Waals surface area contributed by atoms with Crippen molar-refractivity contribution in [1.29, 1.82) is 0 Å². The highest BCUT2D eigenvalue weighted by molar-refractivity contribution is 7.12. The molecule has 146 valence electrons. The number of benzene rings is 2. The second kappa shape index (κ2) is 8.01. The first-order valence-electron chi connectivity index (χ1n) is 9.41. The second-order valence-corrected chi connectivity index (χ2v) is 7.97. The first-order chi connectivity index (χ1) is 14.0. The molecule has 4 rings (SSSR count). The number of thiophene rings is 1. The lowest BCUT2D eigenvalue weighted by atomic mass is 10.0. The summed E-state index contributed by atoms with van der Waals surface area (Å²) in [6, 6.07) is 18.3. The first kappa shape index (κ1) is 19.1. The van der Waals surface area contributed by atoms with Crippen molar-refractivity contribution in [1.82, 2.24) is 19.7 Å². The van der Waals surface area contributed by atoms with E-state index in [0.29, 0.717) is 0 Å². The molecular weight excluding hydrogens is 380 g/mol. The highest BCUT2D eigenvalue weighted by atomic mass is 32.1. The summed E-state index contributed by atoms with van der Waals surface area (Å²) in [6.07, 6.45) is 3.17. The van der Waals surface area contributed by atoms with Gasteiger partial charge in [0.2, 0.25) is 0 Å². The van der Waals surface area contributed by atoms with Crippen LogP contribution < -0.4 is 0 Å². The van der Waals surface area contributed by atoms with Crippen LogP contribution in [-0.4, -0.2) is 32.6 Å². The van der Waals surface area contributed by atoms with Crippen LogP contribution >= 0.6 is 11.3 Å². The highest BCUT2D eigenvalue weighted by Crippen LogP contribution is 2.31. The van der Waals surface area contributed by atoms with E-state index in [4.69, 9.17) is 0 Å². The summed E-state index contributed by atoms with van der Waals surface area (Å²) in [5.74, 6) is 0.0310. The SMILES string of the molecule is Cc1ccc(-c2ccsc2C(=O)N(C)[C@@H](C)c2ccc(-n3cncn3)cc2)cc1. The third-order valence-corrected chi connectivity index (χ3v) is 6.08. The molecule has 2 heterocycles. The summed E-state index contributed by atoms with van der Waals surface area (Å²) in [5.41, 5.74) is 5.27. The lowest BCUT2D eigenvalue weighted by Crippen LogP contribution is -2.29. The Hall–Kier alpha value is -3.25. The van der Waals surface area contributed by atoms with Gasteiger partial charge in [-0.1, -0.05) is 42.0 Å². The molecule has 0 fully saturated rings. The van der Waals surface area contributed by atoms with Crippen molar-refractivity contribution in [2.45, 2.75) is 19.9 Å². The number of amides is 1. The third kappa shape index (κ3) is 3.84. The van der Waals surface area contributed by atoms with E-state index in [9.17, 15) is 4.79 Å². The molecule has 0 saturated heterocycles. The van der Waals surface area contributed by atoms with Crippen LogP contribution in [0, 0.1) is 6.92 Å². The maximum atomic E-state index is 13.2. The van der Waals surface area contributed by atoms with Gasteiger partial charge in [-0.2, -0.15) is 5.10 Å². The fourth-order valence-electron chi connectivity index (χ4n) is 3.24. The molecule has 0 aliphatic carbocycles. The Kier molecular flexibility index (Phi) is 5.27. The van der Waals surface area contributed by atoms with Crippen LogP contribution in [0.5, 0.6) is 0 Å². The van der Waals surface area contributed by atoms with Gasteiger partial charge in [-0.3, -0.25) is 4.79 Å². The van der Waals surface area contributed by atoms with Crippen LogP contribution in [0.2, 0.25) is 0 Å². The highest BCUT2D eigenvalue weighted by Gasteiger charge is 2.23. The first-order valence-corrected chi connectivity index (χ1v) is 10.3. The van der Waals surface area contributed by atoms with E-state index in [1.165, 1.54) is 23.2 Å². The number of hydrogen-bond donors (Lipinski definition) is 0. The van der Waals surface area contributed by atoms with Crippen LogP contribution in [0.3, 0.4) is 0 Å². The maximum Gasteiger partial charge on any atom is 0.264 e. The van der Waals surface area contributed by atoms with Gasteiger partial charge in [-0.05, 0) is 48.6 Å². The minimum Gasteiger partial charge on any atom is -0.334 e.